The summed E-state index contributed by atoms with van der Waals surface area (Å²) >= 11 is 5.36. The zero-order chi connectivity index (χ0) is 23.2. The number of halogens is 1. The number of nitrogens with zero attached hydrogens (tertiary/aromatic N) is 1. The molecule has 166 valence electrons. The predicted molar refractivity (Wildman–Crippen MR) is 132 cm³/mol. The fraction of sp³-hybridized carbons (Fsp3) is 0.0800. The molecule has 1 atom stereocenters. The van der Waals surface area contributed by atoms with Crippen LogP contribution in [0.5, 0.6) is 5.75 Å². The molecule has 0 bridgehead atoms. The molecule has 0 spiro atoms. The fourth-order valence-corrected chi connectivity index (χ4v) is 3.53. The van der Waals surface area contributed by atoms with Gasteiger partial charge in [0.1, 0.15) is 11.3 Å². The number of nitrogens with one attached hydrogen (secondary N) is 3. The van der Waals surface area contributed by atoms with E-state index < -0.39 is 6.09 Å². The largest absolute Gasteiger partial charge is 0.417 e. The summed E-state index contributed by atoms with van der Waals surface area (Å²) in [7, 11) is 0. The van der Waals surface area contributed by atoms with Gasteiger partial charge in [0.05, 0.1) is 6.04 Å². The van der Waals surface area contributed by atoms with E-state index in [1.807, 2.05) is 25.1 Å². The van der Waals surface area contributed by atoms with Crippen LogP contribution < -0.4 is 20.7 Å². The molecule has 1 aromatic heterocycles. The Morgan fingerprint density at radius 3 is 2.33 bits per heavy atom. The van der Waals surface area contributed by atoms with Gasteiger partial charge in [-0.05, 0) is 73.2 Å². The third-order valence-electron chi connectivity index (χ3n) is 4.91. The molecule has 8 heteroatoms. The van der Waals surface area contributed by atoms with E-state index in [9.17, 15) is 9.18 Å². The SMILES string of the molecule is CC(NC(=S)Nc1ccc(NC(=O)Oc2cccc3cccnc23)cc1)c1ccc(F)cc1. The van der Waals surface area contributed by atoms with E-state index in [4.69, 9.17) is 17.0 Å². The van der Waals surface area contributed by atoms with Crippen LogP contribution >= 0.6 is 12.2 Å². The molecular formula is C25H21FN4O2S. The molecule has 0 saturated carbocycles. The minimum Gasteiger partial charge on any atom is -0.408 e. The van der Waals surface area contributed by atoms with Gasteiger partial charge < -0.3 is 15.4 Å². The van der Waals surface area contributed by atoms with Crippen molar-refractivity contribution in [1.82, 2.24) is 10.3 Å². The molecule has 0 saturated heterocycles. The summed E-state index contributed by atoms with van der Waals surface area (Å²) in [5.74, 6) is 0.105. The Bertz CT molecular complexity index is 1270. The number of hydrogen-bond acceptors (Lipinski definition) is 4. The molecule has 1 heterocycles. The van der Waals surface area contributed by atoms with Gasteiger partial charge in [-0.15, -0.1) is 0 Å². The first kappa shape index (κ1) is 22.2. The Morgan fingerprint density at radius 1 is 0.939 bits per heavy atom. The number of anilines is 2. The maximum Gasteiger partial charge on any atom is 0.417 e. The highest BCUT2D eigenvalue weighted by Crippen LogP contribution is 2.23. The number of thiocarbonyl (C=S) groups is 1. The Labute approximate surface area is 195 Å². The van der Waals surface area contributed by atoms with Gasteiger partial charge >= 0.3 is 6.09 Å². The van der Waals surface area contributed by atoms with E-state index in [1.165, 1.54) is 12.1 Å². The van der Waals surface area contributed by atoms with Crippen LogP contribution in [0.15, 0.2) is 85.1 Å². The summed E-state index contributed by atoms with van der Waals surface area (Å²) in [4.78, 5) is 16.6. The van der Waals surface area contributed by atoms with Crippen LogP contribution in [-0.2, 0) is 0 Å². The van der Waals surface area contributed by atoms with E-state index in [2.05, 4.69) is 20.9 Å². The van der Waals surface area contributed by atoms with Gasteiger partial charge in [0.15, 0.2) is 10.9 Å². The van der Waals surface area contributed by atoms with Crippen LogP contribution in [-0.4, -0.2) is 16.2 Å². The first-order valence-electron chi connectivity index (χ1n) is 10.2. The number of fused-ring (bicyclic) bond motifs is 1. The Hall–Kier alpha value is -4.04. The van der Waals surface area contributed by atoms with Crippen LogP contribution in [0.25, 0.3) is 10.9 Å². The van der Waals surface area contributed by atoms with Gasteiger partial charge in [-0.2, -0.15) is 0 Å². The quantitative estimate of drug-likeness (QED) is 0.316. The molecule has 4 aromatic rings. The third kappa shape index (κ3) is 5.81. The molecule has 0 radical (unpaired) electrons. The number of rotatable bonds is 5. The number of pyridine rings is 1. The lowest BCUT2D eigenvalue weighted by Gasteiger charge is -2.17. The molecule has 0 aliphatic carbocycles. The van der Waals surface area contributed by atoms with Crippen molar-refractivity contribution in [1.29, 1.82) is 0 Å². The number of carbonyl (C=O) groups excluding carboxylic acids is 1. The number of para-hydroxylation sites is 1. The van der Waals surface area contributed by atoms with Crippen LogP contribution in [0, 0.1) is 5.82 Å². The average molecular weight is 461 g/mol. The Balaban J connectivity index is 1.31. The minimum atomic E-state index is -0.612. The maximum absolute atomic E-state index is 13.1. The first-order chi connectivity index (χ1) is 16.0. The number of amides is 1. The molecule has 0 fully saturated rings. The second kappa shape index (κ2) is 10.1. The van der Waals surface area contributed by atoms with Gasteiger partial charge in [0, 0.05) is 23.0 Å². The van der Waals surface area contributed by atoms with Crippen molar-refractivity contribution >= 4 is 45.7 Å². The fourth-order valence-electron chi connectivity index (χ4n) is 3.24. The molecule has 1 unspecified atom stereocenters. The lowest BCUT2D eigenvalue weighted by atomic mass is 10.1. The maximum atomic E-state index is 13.1. The molecule has 1 amide bonds. The zero-order valence-electron chi connectivity index (χ0n) is 17.7. The molecular weight excluding hydrogens is 439 g/mol. The Morgan fingerprint density at radius 2 is 1.61 bits per heavy atom. The highest BCUT2D eigenvalue weighted by atomic mass is 32.1. The molecule has 33 heavy (non-hydrogen) atoms. The average Bonchev–Trinajstić information content (AvgIpc) is 2.81. The summed E-state index contributed by atoms with van der Waals surface area (Å²) in [6.07, 6.45) is 1.04. The molecule has 4 rings (SSSR count). The number of benzene rings is 3. The lowest BCUT2D eigenvalue weighted by molar-refractivity contribution is 0.215. The zero-order valence-corrected chi connectivity index (χ0v) is 18.5. The van der Waals surface area contributed by atoms with E-state index in [1.54, 1.807) is 54.7 Å². The highest BCUT2D eigenvalue weighted by molar-refractivity contribution is 7.80. The monoisotopic (exact) mass is 460 g/mol. The van der Waals surface area contributed by atoms with E-state index in [0.29, 0.717) is 22.1 Å². The summed E-state index contributed by atoms with van der Waals surface area (Å²) in [6.45, 7) is 1.94. The van der Waals surface area contributed by atoms with Crippen LogP contribution in [0.1, 0.15) is 18.5 Å². The topological polar surface area (TPSA) is 75.3 Å². The molecule has 3 N–H and O–H groups in total. The smallest absolute Gasteiger partial charge is 0.408 e. The van der Waals surface area contributed by atoms with Gasteiger partial charge in [-0.1, -0.05) is 30.3 Å². The van der Waals surface area contributed by atoms with Gasteiger partial charge in [0.25, 0.3) is 0 Å². The Kier molecular flexibility index (Phi) is 6.75. The van der Waals surface area contributed by atoms with Gasteiger partial charge in [-0.25, -0.2) is 9.18 Å². The lowest BCUT2D eigenvalue weighted by Crippen LogP contribution is -2.30. The van der Waals surface area contributed by atoms with E-state index >= 15 is 0 Å². The predicted octanol–water partition coefficient (Wildman–Crippen LogP) is 6.03. The number of hydrogen-bond donors (Lipinski definition) is 3. The number of ether oxygens (including phenoxy) is 1. The summed E-state index contributed by atoms with van der Waals surface area (Å²) in [6, 6.07) is 22.3. The minimum absolute atomic E-state index is 0.0927. The summed E-state index contributed by atoms with van der Waals surface area (Å²) < 4.78 is 18.5. The molecule has 3 aromatic carbocycles. The van der Waals surface area contributed by atoms with Crippen molar-refractivity contribution in [3.8, 4) is 5.75 Å². The van der Waals surface area contributed by atoms with E-state index in [-0.39, 0.29) is 11.9 Å². The summed E-state index contributed by atoms with van der Waals surface area (Å²) in [5, 5.41) is 10.3. The van der Waals surface area contributed by atoms with Crippen molar-refractivity contribution in [3.05, 3.63) is 96.4 Å². The normalized spacial score (nSPS) is 11.5. The highest BCUT2D eigenvalue weighted by Gasteiger charge is 2.10. The first-order valence-corrected chi connectivity index (χ1v) is 10.6. The van der Waals surface area contributed by atoms with Crippen LogP contribution in [0.2, 0.25) is 0 Å². The van der Waals surface area contributed by atoms with Gasteiger partial charge in [0.2, 0.25) is 0 Å². The van der Waals surface area contributed by atoms with Crippen LogP contribution in [0.4, 0.5) is 20.6 Å². The third-order valence-corrected chi connectivity index (χ3v) is 5.13. The van der Waals surface area contributed by atoms with Crippen molar-refractivity contribution in [2.75, 3.05) is 10.6 Å². The second-order valence-electron chi connectivity index (χ2n) is 7.29. The number of carbonyl (C=O) groups is 1. The van der Waals surface area contributed by atoms with E-state index in [0.717, 1.165) is 16.6 Å². The van der Waals surface area contributed by atoms with Crippen molar-refractivity contribution in [2.45, 2.75) is 13.0 Å². The van der Waals surface area contributed by atoms with Gasteiger partial charge in [-0.3, -0.25) is 10.3 Å². The van der Waals surface area contributed by atoms with Crippen molar-refractivity contribution in [3.63, 3.8) is 0 Å². The molecule has 0 aliphatic heterocycles. The standard InChI is InChI=1S/C25H21FN4O2S/c1-16(17-7-9-19(26)10-8-17)28-24(33)29-20-11-13-21(14-12-20)30-25(31)32-22-6-2-4-18-5-3-15-27-23(18)22/h2-16H,1H3,(H,30,31)(H2,28,29,33). The molecule has 0 aliphatic rings. The second-order valence-corrected chi connectivity index (χ2v) is 7.70. The number of aromatic nitrogens is 1. The summed E-state index contributed by atoms with van der Waals surface area (Å²) in [5.41, 5.74) is 2.85. The van der Waals surface area contributed by atoms with Crippen LogP contribution in [0.3, 0.4) is 0 Å². The van der Waals surface area contributed by atoms with Crippen molar-refractivity contribution in [2.24, 2.45) is 0 Å². The van der Waals surface area contributed by atoms with Crippen molar-refractivity contribution < 1.29 is 13.9 Å². The molecule has 6 nitrogen and oxygen atoms in total.